The minimum absolute atomic E-state index is 0.124. The number of rotatable bonds is 4. The topological polar surface area (TPSA) is 101 Å². The van der Waals surface area contributed by atoms with Crippen LogP contribution < -0.4 is 16.4 Å². The first-order valence-electron chi connectivity index (χ1n) is 6.04. The first kappa shape index (κ1) is 14.1. The van der Waals surface area contributed by atoms with Crippen LogP contribution in [0.4, 0.5) is 5.69 Å². The van der Waals surface area contributed by atoms with Crippen LogP contribution in [0.5, 0.6) is 0 Å². The predicted octanol–water partition coefficient (Wildman–Crippen LogP) is 0.821. The summed E-state index contributed by atoms with van der Waals surface area (Å²) in [5.41, 5.74) is 6.47. The highest BCUT2D eigenvalue weighted by molar-refractivity contribution is 7.80. The highest BCUT2D eigenvalue weighted by atomic mass is 32.1. The summed E-state index contributed by atoms with van der Waals surface area (Å²) in [4.78, 5) is 35.0. The van der Waals surface area contributed by atoms with Crippen LogP contribution in [-0.4, -0.2) is 22.7 Å². The number of thiocarbonyl (C=S) groups is 1. The molecule has 1 heterocycles. The van der Waals surface area contributed by atoms with Crippen molar-refractivity contribution in [1.82, 2.24) is 5.32 Å². The number of nitrogens with one attached hydrogen (secondary N) is 2. The molecule has 0 bridgehead atoms. The summed E-state index contributed by atoms with van der Waals surface area (Å²) in [6.07, 6.45) is 0.491. The molecule has 6 nitrogen and oxygen atoms in total. The number of carbonyl (C=O) groups is 3. The Hall–Kier alpha value is -2.28. The third kappa shape index (κ3) is 2.53. The van der Waals surface area contributed by atoms with E-state index in [4.69, 9.17) is 18.0 Å². The quantitative estimate of drug-likeness (QED) is 0.563. The molecule has 0 spiro atoms. The number of benzene rings is 1. The van der Waals surface area contributed by atoms with Crippen molar-refractivity contribution in [2.24, 2.45) is 11.7 Å². The normalized spacial score (nSPS) is 14.4. The van der Waals surface area contributed by atoms with Crippen LogP contribution in [0.3, 0.4) is 0 Å². The van der Waals surface area contributed by atoms with Crippen LogP contribution in [0.1, 0.15) is 34.1 Å². The minimum atomic E-state index is -0.561. The molecule has 1 aliphatic heterocycles. The molecule has 1 aromatic carbocycles. The van der Waals surface area contributed by atoms with Gasteiger partial charge in [-0.2, -0.15) is 0 Å². The third-order valence-electron chi connectivity index (χ3n) is 3.07. The Kier molecular flexibility index (Phi) is 3.80. The molecule has 7 heteroatoms. The Bertz CT molecular complexity index is 627. The van der Waals surface area contributed by atoms with Crippen molar-refractivity contribution in [3.63, 3.8) is 0 Å². The average Bonchev–Trinajstić information content (AvgIpc) is 2.65. The molecule has 104 valence electrons. The third-order valence-corrected chi connectivity index (χ3v) is 3.36. The van der Waals surface area contributed by atoms with E-state index in [1.165, 1.54) is 12.1 Å². The highest BCUT2D eigenvalue weighted by Crippen LogP contribution is 2.21. The molecule has 0 fully saturated rings. The van der Waals surface area contributed by atoms with Gasteiger partial charge in [-0.05, 0) is 24.6 Å². The monoisotopic (exact) mass is 291 g/mol. The summed E-state index contributed by atoms with van der Waals surface area (Å²) in [5.74, 6) is -1.79. The van der Waals surface area contributed by atoms with Gasteiger partial charge in [0, 0.05) is 5.69 Å². The molecular weight excluding hydrogens is 278 g/mol. The van der Waals surface area contributed by atoms with Crippen molar-refractivity contribution in [2.45, 2.75) is 13.3 Å². The number of carbonyl (C=O) groups excluding carboxylic acids is 3. The Labute approximate surface area is 120 Å². The smallest absolute Gasteiger partial charge is 0.259 e. The molecule has 20 heavy (non-hydrogen) atoms. The minimum Gasteiger partial charge on any atom is -0.393 e. The maximum atomic E-state index is 12.0. The van der Waals surface area contributed by atoms with E-state index >= 15 is 0 Å². The summed E-state index contributed by atoms with van der Waals surface area (Å²) in [7, 11) is 0. The zero-order valence-electron chi connectivity index (χ0n) is 10.7. The van der Waals surface area contributed by atoms with E-state index in [-0.39, 0.29) is 16.5 Å². The second-order valence-electron chi connectivity index (χ2n) is 4.40. The zero-order chi connectivity index (χ0) is 14.9. The molecule has 0 radical (unpaired) electrons. The van der Waals surface area contributed by atoms with Gasteiger partial charge in [-0.3, -0.25) is 19.7 Å². The molecule has 1 aliphatic rings. The molecule has 4 N–H and O–H groups in total. The highest BCUT2D eigenvalue weighted by Gasteiger charge is 2.27. The van der Waals surface area contributed by atoms with Crippen LogP contribution in [0, 0.1) is 5.92 Å². The molecular formula is C13H13N3O3S. The fourth-order valence-corrected chi connectivity index (χ4v) is 2.26. The van der Waals surface area contributed by atoms with Crippen LogP contribution in [0.15, 0.2) is 18.2 Å². The first-order chi connectivity index (χ1) is 9.43. The number of imide groups is 1. The molecule has 1 unspecified atom stereocenters. The van der Waals surface area contributed by atoms with Crippen LogP contribution >= 0.6 is 12.2 Å². The number of amides is 3. The predicted molar refractivity (Wildman–Crippen MR) is 77.4 cm³/mol. The number of anilines is 1. The fourth-order valence-electron chi connectivity index (χ4n) is 1.99. The molecule has 1 atom stereocenters. The summed E-state index contributed by atoms with van der Waals surface area (Å²) in [5, 5.41) is 4.83. The van der Waals surface area contributed by atoms with Crippen molar-refractivity contribution in [2.75, 3.05) is 5.32 Å². The lowest BCUT2D eigenvalue weighted by Gasteiger charge is -2.13. The fraction of sp³-hybridized carbons (Fsp3) is 0.231. The van der Waals surface area contributed by atoms with E-state index in [1.807, 2.05) is 0 Å². The number of nitrogens with two attached hydrogens (primary N) is 1. The molecule has 0 saturated heterocycles. The summed E-state index contributed by atoms with van der Waals surface area (Å²) in [6.45, 7) is 1.80. The van der Waals surface area contributed by atoms with E-state index < -0.39 is 17.7 Å². The van der Waals surface area contributed by atoms with E-state index in [2.05, 4.69) is 10.6 Å². The van der Waals surface area contributed by atoms with Crippen molar-refractivity contribution in [3.8, 4) is 0 Å². The van der Waals surface area contributed by atoms with E-state index in [1.54, 1.807) is 13.0 Å². The lowest BCUT2D eigenvalue weighted by molar-refractivity contribution is -0.118. The maximum absolute atomic E-state index is 12.0. The van der Waals surface area contributed by atoms with Crippen LogP contribution in [0.2, 0.25) is 0 Å². The largest absolute Gasteiger partial charge is 0.393 e. The zero-order valence-corrected chi connectivity index (χ0v) is 11.5. The summed E-state index contributed by atoms with van der Waals surface area (Å²) >= 11 is 4.83. The standard InChI is InChI=1S/C13H13N3O3S/c1-2-7(10(14)20)11(17)15-6-3-4-8-9(5-6)13(19)16-12(8)18/h3-5,7H,2H2,1H3,(H2,14,20)(H,15,17)(H,16,18,19). The van der Waals surface area contributed by atoms with E-state index in [0.717, 1.165) is 0 Å². The molecule has 2 rings (SSSR count). The Balaban J connectivity index is 2.22. The van der Waals surface area contributed by atoms with Gasteiger partial charge in [0.2, 0.25) is 5.91 Å². The van der Waals surface area contributed by atoms with Gasteiger partial charge in [-0.1, -0.05) is 19.1 Å². The SMILES string of the molecule is CCC(C(=O)Nc1ccc2c(c1)C(=O)NC2=O)C(N)=S. The Morgan fingerprint density at radius 2 is 2.00 bits per heavy atom. The lowest BCUT2D eigenvalue weighted by Crippen LogP contribution is -2.32. The van der Waals surface area contributed by atoms with Crippen molar-refractivity contribution >= 4 is 40.6 Å². The maximum Gasteiger partial charge on any atom is 0.259 e. The van der Waals surface area contributed by atoms with E-state index in [9.17, 15) is 14.4 Å². The average molecular weight is 291 g/mol. The van der Waals surface area contributed by atoms with Crippen LogP contribution in [-0.2, 0) is 4.79 Å². The van der Waals surface area contributed by atoms with Gasteiger partial charge >= 0.3 is 0 Å². The Morgan fingerprint density at radius 3 is 2.60 bits per heavy atom. The van der Waals surface area contributed by atoms with Gasteiger partial charge < -0.3 is 11.1 Å². The summed E-state index contributed by atoms with van der Waals surface area (Å²) in [6, 6.07) is 4.51. The number of fused-ring (bicyclic) bond motifs is 1. The van der Waals surface area contributed by atoms with Gasteiger partial charge in [0.05, 0.1) is 22.0 Å². The summed E-state index contributed by atoms with van der Waals surface area (Å²) < 4.78 is 0. The van der Waals surface area contributed by atoms with Crippen LogP contribution in [0.25, 0.3) is 0 Å². The second-order valence-corrected chi connectivity index (χ2v) is 4.87. The van der Waals surface area contributed by atoms with Crippen molar-refractivity contribution in [3.05, 3.63) is 29.3 Å². The number of hydrogen-bond acceptors (Lipinski definition) is 4. The first-order valence-corrected chi connectivity index (χ1v) is 6.44. The second kappa shape index (κ2) is 5.38. The van der Waals surface area contributed by atoms with Gasteiger partial charge in [0.1, 0.15) is 0 Å². The molecule has 0 aromatic heterocycles. The number of hydrogen-bond donors (Lipinski definition) is 3. The molecule has 3 amide bonds. The molecule has 0 saturated carbocycles. The van der Waals surface area contributed by atoms with Gasteiger partial charge in [0.25, 0.3) is 11.8 Å². The van der Waals surface area contributed by atoms with Gasteiger partial charge in [0.15, 0.2) is 0 Å². The van der Waals surface area contributed by atoms with Gasteiger partial charge in [-0.25, -0.2) is 0 Å². The Morgan fingerprint density at radius 1 is 1.35 bits per heavy atom. The molecule has 0 aliphatic carbocycles. The van der Waals surface area contributed by atoms with Crippen molar-refractivity contribution in [1.29, 1.82) is 0 Å². The molecule has 1 aromatic rings. The van der Waals surface area contributed by atoms with Gasteiger partial charge in [-0.15, -0.1) is 0 Å². The lowest BCUT2D eigenvalue weighted by atomic mass is 10.1. The van der Waals surface area contributed by atoms with E-state index in [0.29, 0.717) is 17.7 Å². The van der Waals surface area contributed by atoms with Crippen molar-refractivity contribution < 1.29 is 14.4 Å².